The molecular weight excluding hydrogens is 364 g/mol. The van der Waals surface area contributed by atoms with Gasteiger partial charge in [0.05, 0.1) is 11.0 Å². The molecule has 144 valence electrons. The molecule has 7 heteroatoms. The summed E-state index contributed by atoms with van der Waals surface area (Å²) in [6, 6.07) is 14.1. The van der Waals surface area contributed by atoms with Gasteiger partial charge in [-0.2, -0.15) is 0 Å². The molecule has 6 nitrogen and oxygen atoms in total. The zero-order valence-corrected chi connectivity index (χ0v) is 16.1. The van der Waals surface area contributed by atoms with Crippen molar-refractivity contribution in [2.45, 2.75) is 37.3 Å². The smallest absolute Gasteiger partial charge is 0.254 e. The highest BCUT2D eigenvalue weighted by atomic mass is 32.2. The molecule has 2 aromatic carbocycles. The summed E-state index contributed by atoms with van der Waals surface area (Å²) >= 11 is 0. The minimum Gasteiger partial charge on any atom is -0.393 e. The molecule has 0 unspecified atom stereocenters. The molecular formula is C20H24N2O4S. The van der Waals surface area contributed by atoms with Gasteiger partial charge in [0.15, 0.2) is 0 Å². The lowest BCUT2D eigenvalue weighted by Gasteiger charge is -2.29. The lowest BCUT2D eigenvalue weighted by molar-refractivity contribution is 0.0734. The van der Waals surface area contributed by atoms with Gasteiger partial charge in [0.1, 0.15) is 0 Å². The molecule has 27 heavy (non-hydrogen) atoms. The monoisotopic (exact) mass is 388 g/mol. The fourth-order valence-electron chi connectivity index (χ4n) is 3.12. The van der Waals surface area contributed by atoms with Crippen molar-refractivity contribution in [3.8, 4) is 0 Å². The Kier molecular flexibility index (Phi) is 5.94. The molecule has 1 amide bonds. The average molecular weight is 388 g/mol. The summed E-state index contributed by atoms with van der Waals surface area (Å²) in [5, 5.41) is 9.28. The van der Waals surface area contributed by atoms with Gasteiger partial charge >= 0.3 is 0 Å². The third kappa shape index (κ3) is 4.74. The summed E-state index contributed by atoms with van der Waals surface area (Å²) < 4.78 is 27.4. The maximum absolute atomic E-state index is 12.7. The highest BCUT2D eigenvalue weighted by Gasteiger charge is 2.24. The number of carbonyl (C=O) groups excluding carboxylic acids is 1. The van der Waals surface area contributed by atoms with Crippen LogP contribution in [0.2, 0.25) is 0 Å². The predicted molar refractivity (Wildman–Crippen MR) is 103 cm³/mol. The van der Waals surface area contributed by atoms with Gasteiger partial charge in [-0.25, -0.2) is 13.1 Å². The van der Waals surface area contributed by atoms with Crippen LogP contribution in [0.3, 0.4) is 0 Å². The van der Waals surface area contributed by atoms with E-state index >= 15 is 0 Å². The van der Waals surface area contributed by atoms with Crippen molar-refractivity contribution in [3.63, 3.8) is 0 Å². The van der Waals surface area contributed by atoms with Crippen molar-refractivity contribution in [2.75, 3.05) is 13.1 Å². The van der Waals surface area contributed by atoms with Crippen LogP contribution in [0.4, 0.5) is 0 Å². The number of carbonyl (C=O) groups is 1. The van der Waals surface area contributed by atoms with E-state index in [-0.39, 0.29) is 17.3 Å². The molecule has 0 spiro atoms. The summed E-state index contributed by atoms with van der Waals surface area (Å²) in [5.41, 5.74) is 2.54. The van der Waals surface area contributed by atoms with Crippen LogP contribution in [-0.4, -0.2) is 43.5 Å². The van der Waals surface area contributed by atoms with Gasteiger partial charge < -0.3 is 10.0 Å². The Morgan fingerprint density at radius 3 is 2.63 bits per heavy atom. The summed E-state index contributed by atoms with van der Waals surface area (Å²) in [4.78, 5) is 14.6. The van der Waals surface area contributed by atoms with Crippen molar-refractivity contribution < 1.29 is 18.3 Å². The molecule has 1 atom stereocenters. The predicted octanol–water partition coefficient (Wildman–Crippen LogP) is 1.93. The van der Waals surface area contributed by atoms with E-state index < -0.39 is 16.1 Å². The van der Waals surface area contributed by atoms with Gasteiger partial charge in [0.25, 0.3) is 5.91 Å². The van der Waals surface area contributed by atoms with Crippen LogP contribution in [0, 0.1) is 0 Å². The molecule has 0 fully saturated rings. The lowest BCUT2D eigenvalue weighted by atomic mass is 9.99. The quantitative estimate of drug-likeness (QED) is 0.792. The van der Waals surface area contributed by atoms with E-state index in [0.29, 0.717) is 31.5 Å². The maximum atomic E-state index is 12.7. The average Bonchev–Trinajstić information content (AvgIpc) is 2.66. The van der Waals surface area contributed by atoms with E-state index in [2.05, 4.69) is 4.72 Å². The maximum Gasteiger partial charge on any atom is 0.254 e. The van der Waals surface area contributed by atoms with Gasteiger partial charge in [-0.3, -0.25) is 4.79 Å². The Morgan fingerprint density at radius 2 is 1.93 bits per heavy atom. The minimum atomic E-state index is -3.64. The number of amides is 1. The fourth-order valence-corrected chi connectivity index (χ4v) is 4.22. The molecule has 0 bridgehead atoms. The summed E-state index contributed by atoms with van der Waals surface area (Å²) in [6.45, 7) is 2.79. The van der Waals surface area contributed by atoms with Crippen LogP contribution in [-0.2, 0) is 23.0 Å². The third-order valence-corrected chi connectivity index (χ3v) is 6.12. The van der Waals surface area contributed by atoms with E-state index in [1.807, 2.05) is 24.3 Å². The first kappa shape index (κ1) is 19.5. The molecule has 0 saturated carbocycles. The third-order valence-electron chi connectivity index (χ3n) is 4.66. The zero-order valence-electron chi connectivity index (χ0n) is 15.3. The van der Waals surface area contributed by atoms with Crippen molar-refractivity contribution in [3.05, 3.63) is 65.2 Å². The Balaban J connectivity index is 1.76. The van der Waals surface area contributed by atoms with Crippen molar-refractivity contribution in [1.29, 1.82) is 0 Å². The minimum absolute atomic E-state index is 0.0513. The SMILES string of the molecule is C[C@@H](O)CCNS(=O)(=O)c1ccc2c(c1)CN(C(=O)c1ccccc1)CC2. The standard InChI is InChI=1S/C20H24N2O4S/c1-15(23)9-11-21-27(25,26)19-8-7-16-10-12-22(14-18(16)13-19)20(24)17-5-3-2-4-6-17/h2-8,13,15,21,23H,9-12,14H2,1H3/t15-/m1/s1. The van der Waals surface area contributed by atoms with Crippen LogP contribution in [0.1, 0.15) is 34.8 Å². The lowest BCUT2D eigenvalue weighted by Crippen LogP contribution is -2.36. The molecule has 0 radical (unpaired) electrons. The highest BCUT2D eigenvalue weighted by molar-refractivity contribution is 7.89. The number of rotatable bonds is 6. The topological polar surface area (TPSA) is 86.7 Å². The van der Waals surface area contributed by atoms with Gasteiger partial charge in [0, 0.05) is 25.2 Å². The number of aliphatic hydroxyl groups excluding tert-OH is 1. The number of nitrogens with zero attached hydrogens (tertiary/aromatic N) is 1. The van der Waals surface area contributed by atoms with E-state index in [4.69, 9.17) is 0 Å². The van der Waals surface area contributed by atoms with E-state index in [9.17, 15) is 18.3 Å². The van der Waals surface area contributed by atoms with Gasteiger partial charge in [0.2, 0.25) is 10.0 Å². The van der Waals surface area contributed by atoms with Crippen LogP contribution in [0.15, 0.2) is 53.4 Å². The molecule has 2 N–H and O–H groups in total. The van der Waals surface area contributed by atoms with Crippen molar-refractivity contribution in [1.82, 2.24) is 9.62 Å². The largest absolute Gasteiger partial charge is 0.393 e. The van der Waals surface area contributed by atoms with Gasteiger partial charge in [-0.15, -0.1) is 0 Å². The molecule has 3 rings (SSSR count). The van der Waals surface area contributed by atoms with Gasteiger partial charge in [-0.05, 0) is 55.2 Å². The van der Waals surface area contributed by atoms with E-state index in [0.717, 1.165) is 11.1 Å². The highest BCUT2D eigenvalue weighted by Crippen LogP contribution is 2.23. The Labute approximate surface area is 159 Å². The summed E-state index contributed by atoms with van der Waals surface area (Å²) in [5.74, 6) is -0.0513. The van der Waals surface area contributed by atoms with Crippen LogP contribution >= 0.6 is 0 Å². The van der Waals surface area contributed by atoms with Crippen molar-refractivity contribution >= 4 is 15.9 Å². The second kappa shape index (κ2) is 8.21. The van der Waals surface area contributed by atoms with Crippen LogP contribution in [0.25, 0.3) is 0 Å². The molecule has 2 aromatic rings. The Hall–Kier alpha value is -2.22. The number of fused-ring (bicyclic) bond motifs is 1. The first-order chi connectivity index (χ1) is 12.9. The molecule has 0 aromatic heterocycles. The van der Waals surface area contributed by atoms with Crippen LogP contribution < -0.4 is 4.72 Å². The number of benzene rings is 2. The first-order valence-electron chi connectivity index (χ1n) is 9.00. The first-order valence-corrected chi connectivity index (χ1v) is 10.5. The molecule has 1 aliphatic rings. The summed E-state index contributed by atoms with van der Waals surface area (Å²) in [6.07, 6.45) is 0.488. The molecule has 0 saturated heterocycles. The zero-order chi connectivity index (χ0) is 19.4. The van der Waals surface area contributed by atoms with Crippen LogP contribution in [0.5, 0.6) is 0 Å². The number of hydrogen-bond acceptors (Lipinski definition) is 4. The Bertz CT molecular complexity index is 911. The molecule has 1 heterocycles. The summed E-state index contributed by atoms with van der Waals surface area (Å²) in [7, 11) is -3.64. The molecule has 1 aliphatic heterocycles. The molecule has 0 aliphatic carbocycles. The number of nitrogens with one attached hydrogen (secondary N) is 1. The van der Waals surface area contributed by atoms with E-state index in [1.165, 1.54) is 0 Å². The van der Waals surface area contributed by atoms with Crippen molar-refractivity contribution in [2.24, 2.45) is 0 Å². The second-order valence-electron chi connectivity index (χ2n) is 6.81. The van der Waals surface area contributed by atoms with E-state index in [1.54, 1.807) is 36.1 Å². The second-order valence-corrected chi connectivity index (χ2v) is 8.58. The van der Waals surface area contributed by atoms with Gasteiger partial charge in [-0.1, -0.05) is 24.3 Å². The fraction of sp³-hybridized carbons (Fsp3) is 0.350. The Morgan fingerprint density at radius 1 is 1.19 bits per heavy atom. The number of hydrogen-bond donors (Lipinski definition) is 2. The normalized spacial score (nSPS) is 15.3. The number of sulfonamides is 1. The number of aliphatic hydroxyl groups is 1.